The van der Waals surface area contributed by atoms with Gasteiger partial charge < -0.3 is 15.5 Å². The van der Waals surface area contributed by atoms with E-state index >= 15 is 0 Å². The maximum atomic E-state index is 6.12. The molecule has 0 bridgehead atoms. The number of halogens is 1. The van der Waals surface area contributed by atoms with E-state index in [0.29, 0.717) is 12.6 Å². The van der Waals surface area contributed by atoms with Crippen molar-refractivity contribution >= 4 is 23.3 Å². The Balaban J connectivity index is 1.54. The number of nitrogens with zero attached hydrogens (tertiary/aromatic N) is 3. The highest BCUT2D eigenvalue weighted by molar-refractivity contribution is 6.32. The lowest BCUT2D eigenvalue weighted by Gasteiger charge is -2.25. The van der Waals surface area contributed by atoms with Gasteiger partial charge in [0.05, 0.1) is 23.3 Å². The van der Waals surface area contributed by atoms with Gasteiger partial charge in [0.25, 0.3) is 0 Å². The SMILES string of the molecule is ClC1=CN2C(=NCC2c2cccc(NC3CCNC3)n2)C=C1. The Kier molecular flexibility index (Phi) is 3.60. The van der Waals surface area contributed by atoms with Gasteiger partial charge in [0.2, 0.25) is 0 Å². The molecule has 114 valence electrons. The highest BCUT2D eigenvalue weighted by Gasteiger charge is 2.29. The molecule has 0 amide bonds. The van der Waals surface area contributed by atoms with Crippen molar-refractivity contribution in [1.29, 1.82) is 0 Å². The predicted octanol–water partition coefficient (Wildman–Crippen LogP) is 2.26. The Morgan fingerprint density at radius 1 is 1.32 bits per heavy atom. The van der Waals surface area contributed by atoms with Gasteiger partial charge in [-0.15, -0.1) is 0 Å². The van der Waals surface area contributed by atoms with Crippen LogP contribution in [0.15, 0.2) is 46.6 Å². The molecule has 1 saturated heterocycles. The number of pyridine rings is 1. The van der Waals surface area contributed by atoms with Gasteiger partial charge in [-0.25, -0.2) is 4.98 Å². The first kappa shape index (κ1) is 13.8. The van der Waals surface area contributed by atoms with E-state index < -0.39 is 0 Å². The van der Waals surface area contributed by atoms with Crippen LogP contribution < -0.4 is 10.6 Å². The van der Waals surface area contributed by atoms with Gasteiger partial charge in [0.15, 0.2) is 0 Å². The lowest BCUT2D eigenvalue weighted by Crippen LogP contribution is -2.27. The summed E-state index contributed by atoms with van der Waals surface area (Å²) in [5.74, 6) is 1.89. The minimum Gasteiger partial charge on any atom is -0.366 e. The highest BCUT2D eigenvalue weighted by Crippen LogP contribution is 2.30. The second-order valence-corrected chi connectivity index (χ2v) is 6.19. The summed E-state index contributed by atoms with van der Waals surface area (Å²) in [5.41, 5.74) is 1.02. The van der Waals surface area contributed by atoms with Gasteiger partial charge >= 0.3 is 0 Å². The van der Waals surface area contributed by atoms with E-state index in [1.807, 2.05) is 24.4 Å². The largest absolute Gasteiger partial charge is 0.366 e. The van der Waals surface area contributed by atoms with E-state index in [4.69, 9.17) is 16.6 Å². The molecule has 2 N–H and O–H groups in total. The number of amidine groups is 1. The molecule has 5 nitrogen and oxygen atoms in total. The first-order valence-corrected chi connectivity index (χ1v) is 8.00. The molecule has 2 unspecified atom stereocenters. The zero-order chi connectivity index (χ0) is 14.9. The maximum absolute atomic E-state index is 6.12. The fourth-order valence-corrected chi connectivity index (χ4v) is 3.24. The van der Waals surface area contributed by atoms with Crippen molar-refractivity contribution in [2.45, 2.75) is 18.5 Å². The molecule has 3 aliphatic heterocycles. The summed E-state index contributed by atoms with van der Waals surface area (Å²) in [7, 11) is 0. The van der Waals surface area contributed by atoms with Crippen LogP contribution in [0.5, 0.6) is 0 Å². The van der Waals surface area contributed by atoms with Crippen molar-refractivity contribution in [2.24, 2.45) is 4.99 Å². The van der Waals surface area contributed by atoms with E-state index in [0.717, 1.165) is 41.9 Å². The molecule has 1 fully saturated rings. The summed E-state index contributed by atoms with van der Waals surface area (Å²) in [4.78, 5) is 11.5. The Hall–Kier alpha value is -1.85. The number of hydrogen-bond acceptors (Lipinski definition) is 5. The molecule has 0 saturated carbocycles. The topological polar surface area (TPSA) is 52.5 Å². The first-order chi connectivity index (χ1) is 10.8. The van der Waals surface area contributed by atoms with Crippen LogP contribution in [0.25, 0.3) is 0 Å². The molecule has 0 aliphatic carbocycles. The molecule has 2 atom stereocenters. The van der Waals surface area contributed by atoms with Gasteiger partial charge in [-0.1, -0.05) is 17.7 Å². The van der Waals surface area contributed by atoms with E-state index in [9.17, 15) is 0 Å². The molecule has 1 aromatic rings. The molecular formula is C16H18ClN5. The van der Waals surface area contributed by atoms with E-state index in [1.165, 1.54) is 0 Å². The highest BCUT2D eigenvalue weighted by atomic mass is 35.5. The molecule has 0 spiro atoms. The zero-order valence-corrected chi connectivity index (χ0v) is 12.9. The van der Waals surface area contributed by atoms with Gasteiger partial charge in [0, 0.05) is 18.8 Å². The minimum absolute atomic E-state index is 0.122. The summed E-state index contributed by atoms with van der Waals surface area (Å²) >= 11 is 6.12. The van der Waals surface area contributed by atoms with E-state index in [2.05, 4.69) is 32.7 Å². The average Bonchev–Trinajstić information content (AvgIpc) is 3.16. The number of aromatic nitrogens is 1. The first-order valence-electron chi connectivity index (χ1n) is 7.62. The predicted molar refractivity (Wildman–Crippen MR) is 89.1 cm³/mol. The molecule has 4 rings (SSSR count). The third-order valence-corrected chi connectivity index (χ3v) is 4.43. The van der Waals surface area contributed by atoms with E-state index in [1.54, 1.807) is 0 Å². The summed E-state index contributed by atoms with van der Waals surface area (Å²) in [6, 6.07) is 6.72. The van der Waals surface area contributed by atoms with Crippen molar-refractivity contribution in [3.05, 3.63) is 47.3 Å². The second-order valence-electron chi connectivity index (χ2n) is 5.75. The Labute approximate surface area is 134 Å². The summed E-state index contributed by atoms with van der Waals surface area (Å²) < 4.78 is 0. The van der Waals surface area contributed by atoms with Crippen molar-refractivity contribution in [3.63, 3.8) is 0 Å². The number of rotatable bonds is 3. The number of hydrogen-bond donors (Lipinski definition) is 2. The molecule has 0 radical (unpaired) electrons. The monoisotopic (exact) mass is 315 g/mol. The lowest BCUT2D eigenvalue weighted by atomic mass is 10.1. The number of nitrogens with one attached hydrogen (secondary N) is 2. The molecule has 4 heterocycles. The van der Waals surface area contributed by atoms with Gasteiger partial charge in [-0.3, -0.25) is 4.99 Å². The van der Waals surface area contributed by atoms with Crippen LogP contribution in [0.4, 0.5) is 5.82 Å². The van der Waals surface area contributed by atoms with Crippen molar-refractivity contribution in [2.75, 3.05) is 25.0 Å². The van der Waals surface area contributed by atoms with Crippen LogP contribution in [0.1, 0.15) is 18.2 Å². The molecule has 3 aliphatic rings. The smallest absolute Gasteiger partial charge is 0.128 e. The van der Waals surface area contributed by atoms with Crippen LogP contribution in [0.3, 0.4) is 0 Å². The van der Waals surface area contributed by atoms with E-state index in [-0.39, 0.29) is 6.04 Å². The standard InChI is InChI=1S/C16H18ClN5/c17-11-4-5-16-19-9-14(22(16)10-11)13-2-1-3-15(21-13)20-12-6-7-18-8-12/h1-5,10,12,14,18H,6-9H2,(H,20,21). The minimum atomic E-state index is 0.122. The molecular weight excluding hydrogens is 298 g/mol. The van der Waals surface area contributed by atoms with Gasteiger partial charge in [0.1, 0.15) is 11.7 Å². The Morgan fingerprint density at radius 2 is 2.27 bits per heavy atom. The van der Waals surface area contributed by atoms with Crippen LogP contribution in [0, 0.1) is 0 Å². The van der Waals surface area contributed by atoms with Crippen LogP contribution in [-0.2, 0) is 0 Å². The van der Waals surface area contributed by atoms with Crippen molar-refractivity contribution in [1.82, 2.24) is 15.2 Å². The zero-order valence-electron chi connectivity index (χ0n) is 12.2. The molecule has 0 aromatic carbocycles. The normalized spacial score (nSPS) is 26.7. The Morgan fingerprint density at radius 3 is 3.14 bits per heavy atom. The van der Waals surface area contributed by atoms with Crippen LogP contribution >= 0.6 is 11.6 Å². The van der Waals surface area contributed by atoms with Crippen molar-refractivity contribution < 1.29 is 0 Å². The number of allylic oxidation sites excluding steroid dienone is 2. The second kappa shape index (κ2) is 5.74. The summed E-state index contributed by atoms with van der Waals surface area (Å²) in [6.07, 6.45) is 6.89. The number of anilines is 1. The third-order valence-electron chi connectivity index (χ3n) is 4.20. The molecule has 22 heavy (non-hydrogen) atoms. The number of fused-ring (bicyclic) bond motifs is 1. The average molecular weight is 316 g/mol. The molecule has 1 aromatic heterocycles. The fourth-order valence-electron chi connectivity index (χ4n) is 3.07. The fraction of sp³-hybridized carbons (Fsp3) is 0.375. The van der Waals surface area contributed by atoms with Gasteiger partial charge in [-0.05, 0) is 37.3 Å². The summed E-state index contributed by atoms with van der Waals surface area (Å²) in [6.45, 7) is 2.78. The number of aliphatic imine (C=N–C) groups is 1. The van der Waals surface area contributed by atoms with Crippen LogP contribution in [-0.4, -0.2) is 41.4 Å². The summed E-state index contributed by atoms with van der Waals surface area (Å²) in [5, 5.41) is 7.58. The molecule has 6 heteroatoms. The van der Waals surface area contributed by atoms with Gasteiger partial charge in [-0.2, -0.15) is 0 Å². The van der Waals surface area contributed by atoms with Crippen molar-refractivity contribution in [3.8, 4) is 0 Å². The van der Waals surface area contributed by atoms with Crippen LogP contribution in [0.2, 0.25) is 0 Å². The quantitative estimate of drug-likeness (QED) is 0.898. The third kappa shape index (κ3) is 2.62. The Bertz CT molecular complexity index is 660. The lowest BCUT2D eigenvalue weighted by molar-refractivity contribution is 0.447. The maximum Gasteiger partial charge on any atom is 0.128 e.